The molecule has 0 saturated heterocycles. The number of hydrogen-bond donors (Lipinski definition) is 1. The molecule has 0 aliphatic rings. The molecule has 1 N–H and O–H groups in total. The normalized spacial score (nSPS) is 10.4. The van der Waals surface area contributed by atoms with Crippen molar-refractivity contribution in [3.05, 3.63) is 88.2 Å². The molecular weight excluding hydrogens is 370 g/mol. The van der Waals surface area contributed by atoms with Crippen molar-refractivity contribution < 1.29 is 9.53 Å². The zero-order valence-electron chi connectivity index (χ0n) is 14.8. The Balaban J connectivity index is 1.48. The molecule has 0 saturated carbocycles. The maximum Gasteiger partial charge on any atom is 0.270 e. The van der Waals surface area contributed by atoms with E-state index in [2.05, 4.69) is 16.4 Å². The molecule has 4 rings (SSSR count). The third kappa shape index (κ3) is 4.00. The summed E-state index contributed by atoms with van der Waals surface area (Å²) < 4.78 is 5.83. The van der Waals surface area contributed by atoms with Crippen LogP contribution in [-0.4, -0.2) is 10.9 Å². The van der Waals surface area contributed by atoms with Crippen LogP contribution in [0.1, 0.15) is 20.9 Å². The standard InChI is InChI=1S/C22H15N3O2S/c23-13-15-3-6-17(7-4-15)27-18-8-10-20-16(12-18)5-9-21(25-20)22(26)24-14-19-2-1-11-28-19/h1-12H,14H2,(H,24,26). The Morgan fingerprint density at radius 3 is 2.64 bits per heavy atom. The van der Waals surface area contributed by atoms with E-state index in [-0.39, 0.29) is 5.91 Å². The van der Waals surface area contributed by atoms with Gasteiger partial charge in [0.2, 0.25) is 0 Å². The van der Waals surface area contributed by atoms with E-state index in [1.165, 1.54) is 0 Å². The van der Waals surface area contributed by atoms with E-state index in [9.17, 15) is 4.79 Å². The molecule has 0 aliphatic carbocycles. The molecule has 5 nitrogen and oxygen atoms in total. The van der Waals surface area contributed by atoms with Gasteiger partial charge in [0, 0.05) is 10.3 Å². The van der Waals surface area contributed by atoms with Gasteiger partial charge in [0.05, 0.1) is 23.7 Å². The average molecular weight is 385 g/mol. The first kappa shape index (κ1) is 17.7. The number of nitriles is 1. The number of amides is 1. The highest BCUT2D eigenvalue weighted by molar-refractivity contribution is 7.09. The quantitative estimate of drug-likeness (QED) is 0.531. The molecule has 4 aromatic rings. The van der Waals surface area contributed by atoms with Crippen molar-refractivity contribution in [3.63, 3.8) is 0 Å². The van der Waals surface area contributed by atoms with Crippen molar-refractivity contribution in [3.8, 4) is 17.6 Å². The van der Waals surface area contributed by atoms with Gasteiger partial charge >= 0.3 is 0 Å². The number of nitrogens with zero attached hydrogens (tertiary/aromatic N) is 2. The topological polar surface area (TPSA) is 75.0 Å². The molecule has 136 valence electrons. The van der Waals surface area contributed by atoms with Crippen LogP contribution in [0, 0.1) is 11.3 Å². The summed E-state index contributed by atoms with van der Waals surface area (Å²) in [5.74, 6) is 1.11. The van der Waals surface area contributed by atoms with Crippen LogP contribution in [0.4, 0.5) is 0 Å². The minimum Gasteiger partial charge on any atom is -0.457 e. The van der Waals surface area contributed by atoms with Crippen molar-refractivity contribution >= 4 is 28.1 Å². The van der Waals surface area contributed by atoms with Crippen molar-refractivity contribution in [2.45, 2.75) is 6.54 Å². The highest BCUT2D eigenvalue weighted by Crippen LogP contribution is 2.25. The molecule has 2 aromatic carbocycles. The zero-order valence-corrected chi connectivity index (χ0v) is 15.6. The van der Waals surface area contributed by atoms with Gasteiger partial charge in [0.25, 0.3) is 5.91 Å². The Labute approximate surface area is 165 Å². The SMILES string of the molecule is N#Cc1ccc(Oc2ccc3nc(C(=O)NCc4cccs4)ccc3c2)cc1. The number of carbonyl (C=O) groups is 1. The molecular formula is C22H15N3O2S. The molecule has 28 heavy (non-hydrogen) atoms. The number of aromatic nitrogens is 1. The van der Waals surface area contributed by atoms with E-state index in [0.29, 0.717) is 29.3 Å². The maximum atomic E-state index is 12.3. The minimum atomic E-state index is -0.201. The van der Waals surface area contributed by atoms with Crippen LogP contribution in [0.25, 0.3) is 10.9 Å². The number of pyridine rings is 1. The Bertz CT molecular complexity index is 1160. The van der Waals surface area contributed by atoms with Gasteiger partial charge in [-0.15, -0.1) is 11.3 Å². The summed E-state index contributed by atoms with van der Waals surface area (Å²) in [4.78, 5) is 17.9. The molecule has 0 spiro atoms. The molecule has 2 heterocycles. The highest BCUT2D eigenvalue weighted by atomic mass is 32.1. The lowest BCUT2D eigenvalue weighted by molar-refractivity contribution is 0.0946. The van der Waals surface area contributed by atoms with Gasteiger partial charge in [-0.05, 0) is 60.0 Å². The van der Waals surface area contributed by atoms with Crippen molar-refractivity contribution in [1.29, 1.82) is 5.26 Å². The molecule has 0 unspecified atom stereocenters. The second-order valence-corrected chi connectivity index (χ2v) is 7.08. The summed E-state index contributed by atoms with van der Waals surface area (Å²) >= 11 is 1.60. The first-order chi connectivity index (χ1) is 13.7. The monoisotopic (exact) mass is 385 g/mol. The van der Waals surface area contributed by atoms with Crippen LogP contribution in [0.15, 0.2) is 72.1 Å². The number of ether oxygens (including phenoxy) is 1. The lowest BCUT2D eigenvalue weighted by atomic mass is 10.2. The minimum absolute atomic E-state index is 0.201. The summed E-state index contributed by atoms with van der Waals surface area (Å²) in [7, 11) is 0. The Hall–Kier alpha value is -3.69. The number of carbonyl (C=O) groups excluding carboxylic acids is 1. The fraction of sp³-hybridized carbons (Fsp3) is 0.0455. The van der Waals surface area contributed by atoms with E-state index in [1.807, 2.05) is 35.7 Å². The molecule has 2 aromatic heterocycles. The average Bonchev–Trinajstić information content (AvgIpc) is 3.26. The third-order valence-electron chi connectivity index (χ3n) is 4.12. The number of benzene rings is 2. The van der Waals surface area contributed by atoms with Crippen LogP contribution in [0.2, 0.25) is 0 Å². The molecule has 6 heteroatoms. The van der Waals surface area contributed by atoms with Crippen LogP contribution < -0.4 is 10.1 Å². The third-order valence-corrected chi connectivity index (χ3v) is 4.99. The van der Waals surface area contributed by atoms with Crippen LogP contribution >= 0.6 is 11.3 Å². The first-order valence-corrected chi connectivity index (χ1v) is 9.49. The van der Waals surface area contributed by atoms with E-state index < -0.39 is 0 Å². The van der Waals surface area contributed by atoms with Crippen molar-refractivity contribution in [1.82, 2.24) is 10.3 Å². The lowest BCUT2D eigenvalue weighted by Gasteiger charge is -2.08. The second kappa shape index (κ2) is 7.91. The predicted molar refractivity (Wildman–Crippen MR) is 108 cm³/mol. The molecule has 0 aliphatic heterocycles. The van der Waals surface area contributed by atoms with Crippen LogP contribution in [0.3, 0.4) is 0 Å². The second-order valence-electron chi connectivity index (χ2n) is 6.05. The summed E-state index contributed by atoms with van der Waals surface area (Å²) in [5.41, 5.74) is 1.68. The Kier molecular flexibility index (Phi) is 5.00. The summed E-state index contributed by atoms with van der Waals surface area (Å²) in [6.07, 6.45) is 0. The summed E-state index contributed by atoms with van der Waals surface area (Å²) in [5, 5.41) is 14.6. The summed E-state index contributed by atoms with van der Waals surface area (Å²) in [6, 6.07) is 22.0. The largest absolute Gasteiger partial charge is 0.457 e. The fourth-order valence-electron chi connectivity index (χ4n) is 2.70. The molecule has 0 radical (unpaired) electrons. The van der Waals surface area contributed by atoms with Crippen molar-refractivity contribution in [2.24, 2.45) is 0 Å². The van der Waals surface area contributed by atoms with Crippen molar-refractivity contribution in [2.75, 3.05) is 0 Å². The van der Waals surface area contributed by atoms with Gasteiger partial charge in [-0.1, -0.05) is 12.1 Å². The number of thiophene rings is 1. The number of rotatable bonds is 5. The van der Waals surface area contributed by atoms with E-state index >= 15 is 0 Å². The summed E-state index contributed by atoms with van der Waals surface area (Å²) in [6.45, 7) is 0.494. The maximum absolute atomic E-state index is 12.3. The number of fused-ring (bicyclic) bond motifs is 1. The molecule has 0 bridgehead atoms. The highest BCUT2D eigenvalue weighted by Gasteiger charge is 2.09. The fourth-order valence-corrected chi connectivity index (χ4v) is 3.34. The van der Waals surface area contributed by atoms with E-state index in [0.717, 1.165) is 15.8 Å². The smallest absolute Gasteiger partial charge is 0.270 e. The molecule has 1 amide bonds. The Morgan fingerprint density at radius 1 is 1.07 bits per heavy atom. The number of hydrogen-bond acceptors (Lipinski definition) is 5. The first-order valence-electron chi connectivity index (χ1n) is 8.61. The predicted octanol–water partition coefficient (Wildman–Crippen LogP) is 4.89. The van der Waals surface area contributed by atoms with Gasteiger partial charge in [0.15, 0.2) is 0 Å². The number of nitrogens with one attached hydrogen (secondary N) is 1. The Morgan fingerprint density at radius 2 is 1.89 bits per heavy atom. The lowest BCUT2D eigenvalue weighted by Crippen LogP contribution is -2.23. The van der Waals surface area contributed by atoms with Gasteiger partial charge in [-0.2, -0.15) is 5.26 Å². The van der Waals surface area contributed by atoms with Crippen LogP contribution in [-0.2, 0) is 6.54 Å². The van der Waals surface area contributed by atoms with E-state index in [4.69, 9.17) is 10.00 Å². The molecule has 0 atom stereocenters. The van der Waals surface area contributed by atoms with Gasteiger partial charge < -0.3 is 10.1 Å². The van der Waals surface area contributed by atoms with Gasteiger partial charge in [-0.25, -0.2) is 4.98 Å². The van der Waals surface area contributed by atoms with Crippen LogP contribution in [0.5, 0.6) is 11.5 Å². The molecule has 0 fully saturated rings. The zero-order chi connectivity index (χ0) is 19.3. The van der Waals surface area contributed by atoms with Gasteiger partial charge in [-0.3, -0.25) is 4.79 Å². The van der Waals surface area contributed by atoms with Gasteiger partial charge in [0.1, 0.15) is 17.2 Å². The van der Waals surface area contributed by atoms with E-state index in [1.54, 1.807) is 47.7 Å².